The SMILES string of the molecule is CN/C(=C\N(N)c1cc(C(=O)Nc2cc(CN3CCCC3)cc(C(F)(F)F)c2)ccc1C)c1cnc(NC(C)=O)nc1. The Bertz CT molecular complexity index is 1470. The quantitative estimate of drug-likeness (QED) is 0.214. The Morgan fingerprint density at radius 3 is 2.36 bits per heavy atom. The van der Waals surface area contributed by atoms with Gasteiger partial charge in [-0.3, -0.25) is 24.8 Å². The molecule has 0 atom stereocenters. The number of anilines is 3. The summed E-state index contributed by atoms with van der Waals surface area (Å²) >= 11 is 0. The van der Waals surface area contributed by atoms with Gasteiger partial charge in [-0.1, -0.05) is 6.07 Å². The second-order valence-corrected chi connectivity index (χ2v) is 10.0. The van der Waals surface area contributed by atoms with E-state index in [1.165, 1.54) is 24.3 Å². The van der Waals surface area contributed by atoms with Crippen LogP contribution in [0.15, 0.2) is 55.0 Å². The van der Waals surface area contributed by atoms with Crippen molar-refractivity contribution in [1.29, 1.82) is 0 Å². The molecule has 1 fully saturated rings. The molecule has 3 aromatic rings. The molecule has 2 aromatic carbocycles. The molecule has 222 valence electrons. The minimum absolute atomic E-state index is 0.0656. The molecule has 5 N–H and O–H groups in total. The van der Waals surface area contributed by atoms with E-state index >= 15 is 0 Å². The van der Waals surface area contributed by atoms with Crippen molar-refractivity contribution >= 4 is 34.8 Å². The fourth-order valence-corrected chi connectivity index (χ4v) is 4.63. The molecule has 0 bridgehead atoms. The number of carbonyl (C=O) groups is 2. The minimum Gasteiger partial charge on any atom is -0.386 e. The lowest BCUT2D eigenvalue weighted by atomic mass is 10.1. The fraction of sp³-hybridized carbons (Fsp3) is 0.310. The number of rotatable bonds is 9. The predicted octanol–water partition coefficient (Wildman–Crippen LogP) is 4.51. The number of aryl methyl sites for hydroxylation is 1. The topological polar surface area (TPSA) is 129 Å². The van der Waals surface area contributed by atoms with E-state index < -0.39 is 17.6 Å². The van der Waals surface area contributed by atoms with Gasteiger partial charge in [-0.25, -0.2) is 15.8 Å². The summed E-state index contributed by atoms with van der Waals surface area (Å²) in [7, 11) is 1.69. The molecule has 0 spiro atoms. The number of nitrogens with one attached hydrogen (secondary N) is 3. The van der Waals surface area contributed by atoms with Gasteiger partial charge in [-0.2, -0.15) is 13.2 Å². The molecule has 0 saturated carbocycles. The van der Waals surface area contributed by atoms with Crippen LogP contribution < -0.4 is 26.8 Å². The van der Waals surface area contributed by atoms with Crippen molar-refractivity contribution in [3.8, 4) is 0 Å². The zero-order chi connectivity index (χ0) is 30.4. The first-order valence-electron chi connectivity index (χ1n) is 13.3. The second kappa shape index (κ2) is 13.0. The summed E-state index contributed by atoms with van der Waals surface area (Å²) in [6.07, 6.45) is 2.08. The smallest absolute Gasteiger partial charge is 0.386 e. The van der Waals surface area contributed by atoms with Gasteiger partial charge >= 0.3 is 6.18 Å². The van der Waals surface area contributed by atoms with Crippen LogP contribution in [0.2, 0.25) is 0 Å². The number of hydrazine groups is 1. The van der Waals surface area contributed by atoms with Crippen LogP contribution in [0.1, 0.15) is 52.4 Å². The van der Waals surface area contributed by atoms with Crippen molar-refractivity contribution in [3.05, 3.63) is 82.8 Å². The molecular weight excluding hydrogens is 549 g/mol. The molecule has 4 rings (SSSR count). The van der Waals surface area contributed by atoms with Crippen molar-refractivity contribution in [1.82, 2.24) is 20.2 Å². The molecule has 0 aliphatic carbocycles. The highest BCUT2D eigenvalue weighted by molar-refractivity contribution is 6.05. The normalized spacial score (nSPS) is 14.0. The largest absolute Gasteiger partial charge is 0.416 e. The molecule has 10 nitrogen and oxygen atoms in total. The van der Waals surface area contributed by atoms with Gasteiger partial charge in [0.1, 0.15) is 0 Å². The number of alkyl halides is 3. The molecule has 42 heavy (non-hydrogen) atoms. The number of aromatic nitrogens is 2. The van der Waals surface area contributed by atoms with Crippen molar-refractivity contribution in [2.45, 2.75) is 39.4 Å². The van der Waals surface area contributed by atoms with Gasteiger partial charge in [-0.05, 0) is 74.3 Å². The lowest BCUT2D eigenvalue weighted by molar-refractivity contribution is -0.137. The number of hydrogen-bond acceptors (Lipinski definition) is 8. The number of likely N-dealkylation sites (tertiary alicyclic amines) is 1. The van der Waals surface area contributed by atoms with Crippen molar-refractivity contribution < 1.29 is 22.8 Å². The Morgan fingerprint density at radius 2 is 1.74 bits per heavy atom. The number of carbonyl (C=O) groups excluding carboxylic acids is 2. The molecule has 2 amide bonds. The van der Waals surface area contributed by atoms with E-state index in [0.717, 1.165) is 43.6 Å². The third-order valence-electron chi connectivity index (χ3n) is 6.72. The molecule has 13 heteroatoms. The first kappa shape index (κ1) is 30.5. The Morgan fingerprint density at radius 1 is 1.05 bits per heavy atom. The maximum absolute atomic E-state index is 13.7. The lowest BCUT2D eigenvalue weighted by Gasteiger charge is -2.20. The van der Waals surface area contributed by atoms with Gasteiger partial charge in [0.25, 0.3) is 5.91 Å². The van der Waals surface area contributed by atoms with Crippen LogP contribution in [-0.2, 0) is 17.5 Å². The number of hydrogen-bond donors (Lipinski definition) is 4. The number of halogens is 3. The van der Waals surface area contributed by atoms with Gasteiger partial charge in [0, 0.05) is 55.9 Å². The van der Waals surface area contributed by atoms with E-state index in [4.69, 9.17) is 5.84 Å². The maximum Gasteiger partial charge on any atom is 0.416 e. The molecule has 2 heterocycles. The maximum atomic E-state index is 13.7. The first-order valence-corrected chi connectivity index (χ1v) is 13.3. The number of benzene rings is 2. The van der Waals surface area contributed by atoms with Crippen LogP contribution in [0.4, 0.5) is 30.5 Å². The summed E-state index contributed by atoms with van der Waals surface area (Å²) in [4.78, 5) is 34.7. The Labute approximate surface area is 241 Å². The van der Waals surface area contributed by atoms with Crippen LogP contribution in [0.3, 0.4) is 0 Å². The Balaban J connectivity index is 1.56. The highest BCUT2D eigenvalue weighted by Crippen LogP contribution is 2.33. The molecule has 0 unspecified atom stereocenters. The van der Waals surface area contributed by atoms with E-state index in [9.17, 15) is 22.8 Å². The van der Waals surface area contributed by atoms with Crippen LogP contribution in [0.25, 0.3) is 5.70 Å². The zero-order valence-corrected chi connectivity index (χ0v) is 23.5. The first-order chi connectivity index (χ1) is 19.9. The summed E-state index contributed by atoms with van der Waals surface area (Å²) in [6.45, 7) is 5.21. The molecular formula is C29H33F3N8O2. The molecule has 0 radical (unpaired) electrons. The van der Waals surface area contributed by atoms with Crippen LogP contribution >= 0.6 is 0 Å². The van der Waals surface area contributed by atoms with Crippen molar-refractivity contribution in [2.24, 2.45) is 5.84 Å². The molecule has 1 aliphatic rings. The average Bonchev–Trinajstić information content (AvgIpc) is 3.44. The summed E-state index contributed by atoms with van der Waals surface area (Å²) < 4.78 is 41.0. The van der Waals surface area contributed by atoms with Gasteiger partial charge in [-0.15, -0.1) is 0 Å². The van der Waals surface area contributed by atoms with Gasteiger partial charge in [0.05, 0.1) is 16.9 Å². The summed E-state index contributed by atoms with van der Waals surface area (Å²) in [6, 6.07) is 8.50. The van der Waals surface area contributed by atoms with Crippen molar-refractivity contribution in [2.75, 3.05) is 35.8 Å². The summed E-state index contributed by atoms with van der Waals surface area (Å²) in [5.41, 5.74) is 2.33. The zero-order valence-electron chi connectivity index (χ0n) is 23.5. The summed E-state index contributed by atoms with van der Waals surface area (Å²) in [5.74, 6) is 5.64. The molecule has 1 aliphatic heterocycles. The highest BCUT2D eigenvalue weighted by Gasteiger charge is 2.31. The van der Waals surface area contributed by atoms with E-state index in [-0.39, 0.29) is 23.1 Å². The van der Waals surface area contributed by atoms with Crippen LogP contribution in [-0.4, -0.2) is 46.8 Å². The van der Waals surface area contributed by atoms with E-state index in [1.807, 2.05) is 6.92 Å². The van der Waals surface area contributed by atoms with E-state index in [1.54, 1.807) is 37.5 Å². The van der Waals surface area contributed by atoms with Gasteiger partial charge in [0.2, 0.25) is 11.9 Å². The number of amides is 2. The lowest BCUT2D eigenvalue weighted by Crippen LogP contribution is -2.27. The highest BCUT2D eigenvalue weighted by atomic mass is 19.4. The number of nitrogens with zero attached hydrogens (tertiary/aromatic N) is 4. The third-order valence-corrected chi connectivity index (χ3v) is 6.72. The average molecular weight is 583 g/mol. The fourth-order valence-electron chi connectivity index (χ4n) is 4.63. The summed E-state index contributed by atoms with van der Waals surface area (Å²) in [5, 5.41) is 9.45. The van der Waals surface area contributed by atoms with Crippen LogP contribution in [0.5, 0.6) is 0 Å². The Kier molecular flexibility index (Phi) is 9.43. The Hall–Kier alpha value is -4.49. The minimum atomic E-state index is -4.55. The molecule has 1 saturated heterocycles. The van der Waals surface area contributed by atoms with Gasteiger partial charge in [0.15, 0.2) is 0 Å². The van der Waals surface area contributed by atoms with Gasteiger partial charge < -0.3 is 10.6 Å². The second-order valence-electron chi connectivity index (χ2n) is 10.0. The standard InChI is InChI=1S/C29H33F3N8O2/c1-18-6-7-21(12-26(18)40(33)17-25(34-3)22-14-35-28(36-15-22)37-19(2)41)27(42)38-24-11-20(16-39-8-4-5-9-39)10-23(13-24)29(30,31)32/h6-7,10-15,17,34H,4-5,8-9,16,33H2,1-3H3,(H,38,42)(H,35,36,37,41)/b25-17-. The van der Waals surface area contributed by atoms with E-state index in [2.05, 4.69) is 30.8 Å². The number of nitrogens with two attached hydrogens (primary N) is 1. The predicted molar refractivity (Wildman–Crippen MR) is 155 cm³/mol. The van der Waals surface area contributed by atoms with E-state index in [0.29, 0.717) is 29.1 Å². The van der Waals surface area contributed by atoms with Crippen LogP contribution in [0, 0.1) is 6.92 Å². The van der Waals surface area contributed by atoms with Crippen molar-refractivity contribution in [3.63, 3.8) is 0 Å². The monoisotopic (exact) mass is 582 g/mol. The third kappa shape index (κ3) is 7.83. The molecule has 1 aromatic heterocycles.